The molecule has 0 saturated carbocycles. The number of hydrogen-bond donors (Lipinski definition) is 3. The molecule has 0 atom stereocenters. The van der Waals surface area contributed by atoms with Gasteiger partial charge in [-0.25, -0.2) is 4.98 Å². The van der Waals surface area contributed by atoms with E-state index >= 15 is 0 Å². The maximum atomic E-state index is 12.0. The van der Waals surface area contributed by atoms with Crippen molar-refractivity contribution in [3.8, 4) is 10.4 Å². The quantitative estimate of drug-likeness (QED) is 0.532. The van der Waals surface area contributed by atoms with Crippen LogP contribution in [0.3, 0.4) is 0 Å². The van der Waals surface area contributed by atoms with Gasteiger partial charge in [0.2, 0.25) is 0 Å². The van der Waals surface area contributed by atoms with Crippen LogP contribution in [0.25, 0.3) is 10.4 Å². The molecule has 9 heteroatoms. The number of rotatable bonds is 7. The first kappa shape index (κ1) is 20.4. The van der Waals surface area contributed by atoms with Crippen LogP contribution in [0.15, 0.2) is 42.6 Å². The summed E-state index contributed by atoms with van der Waals surface area (Å²) in [6, 6.07) is 11.2. The van der Waals surface area contributed by atoms with Gasteiger partial charge in [0.1, 0.15) is 10.8 Å². The highest BCUT2D eigenvalue weighted by atomic mass is 32.1. The highest BCUT2D eigenvalue weighted by molar-refractivity contribution is 7.19. The highest BCUT2D eigenvalue weighted by Gasteiger charge is 2.17. The van der Waals surface area contributed by atoms with E-state index in [9.17, 15) is 4.79 Å². The summed E-state index contributed by atoms with van der Waals surface area (Å²) >= 11 is 1.41. The summed E-state index contributed by atoms with van der Waals surface area (Å²) in [5.74, 6) is 0.148. The molecule has 3 aromatic heterocycles. The number of morpholine rings is 1. The standard InChI is InChI=1S/C21H23N5O3S/c22-20(28)17-10-18(14-4-5-16(13-27)23-11-14)30-21(17)25-19-3-1-2-15(24-19)12-26-6-8-29-9-7-26/h1-5,10-11,27H,6-9,12-13H2,(H2,22,28)(H,24,25). The van der Waals surface area contributed by atoms with Gasteiger partial charge in [-0.1, -0.05) is 12.1 Å². The van der Waals surface area contributed by atoms with Crippen molar-refractivity contribution in [2.75, 3.05) is 31.6 Å². The van der Waals surface area contributed by atoms with Gasteiger partial charge in [0.25, 0.3) is 5.91 Å². The van der Waals surface area contributed by atoms with Crippen LogP contribution in [0, 0.1) is 0 Å². The second-order valence-corrected chi connectivity index (χ2v) is 7.99. The monoisotopic (exact) mass is 425 g/mol. The normalized spacial score (nSPS) is 14.6. The number of primary amides is 1. The zero-order valence-electron chi connectivity index (χ0n) is 16.4. The van der Waals surface area contributed by atoms with Crippen molar-refractivity contribution in [3.05, 3.63) is 59.5 Å². The number of amides is 1. The highest BCUT2D eigenvalue weighted by Crippen LogP contribution is 2.36. The Morgan fingerprint density at radius 3 is 2.77 bits per heavy atom. The molecule has 0 bridgehead atoms. The Balaban J connectivity index is 1.55. The maximum Gasteiger partial charge on any atom is 0.251 e. The van der Waals surface area contributed by atoms with E-state index in [0.717, 1.165) is 49.0 Å². The lowest BCUT2D eigenvalue weighted by atomic mass is 10.2. The molecule has 4 N–H and O–H groups in total. The lowest BCUT2D eigenvalue weighted by Crippen LogP contribution is -2.35. The summed E-state index contributed by atoms with van der Waals surface area (Å²) in [7, 11) is 0. The predicted molar refractivity (Wildman–Crippen MR) is 116 cm³/mol. The fraction of sp³-hybridized carbons (Fsp3) is 0.286. The van der Waals surface area contributed by atoms with Crippen molar-refractivity contribution in [3.63, 3.8) is 0 Å². The topological polar surface area (TPSA) is 114 Å². The minimum Gasteiger partial charge on any atom is -0.390 e. The summed E-state index contributed by atoms with van der Waals surface area (Å²) < 4.78 is 5.39. The van der Waals surface area contributed by atoms with Crippen molar-refractivity contribution in [2.45, 2.75) is 13.2 Å². The van der Waals surface area contributed by atoms with Crippen LogP contribution in [0.4, 0.5) is 10.8 Å². The molecular formula is C21H23N5O3S. The van der Waals surface area contributed by atoms with Crippen LogP contribution >= 0.6 is 11.3 Å². The molecule has 3 aromatic rings. The second kappa shape index (κ2) is 9.31. The van der Waals surface area contributed by atoms with Crippen molar-refractivity contribution >= 4 is 28.1 Å². The molecule has 0 aliphatic carbocycles. The number of nitrogens with one attached hydrogen (secondary N) is 1. The third-order valence-corrected chi connectivity index (χ3v) is 5.91. The van der Waals surface area contributed by atoms with E-state index in [0.29, 0.717) is 22.1 Å². The number of nitrogens with zero attached hydrogens (tertiary/aromatic N) is 3. The number of nitrogens with two attached hydrogens (primary N) is 1. The number of aromatic nitrogens is 2. The number of aliphatic hydroxyl groups excluding tert-OH is 1. The van der Waals surface area contributed by atoms with Crippen molar-refractivity contribution < 1.29 is 14.6 Å². The van der Waals surface area contributed by atoms with E-state index in [2.05, 4.69) is 20.2 Å². The van der Waals surface area contributed by atoms with Crippen LogP contribution in [-0.2, 0) is 17.9 Å². The average Bonchev–Trinajstić information content (AvgIpc) is 3.19. The van der Waals surface area contributed by atoms with Gasteiger partial charge in [0, 0.05) is 36.3 Å². The fourth-order valence-corrected chi connectivity index (χ4v) is 4.28. The smallest absolute Gasteiger partial charge is 0.251 e. The van der Waals surface area contributed by atoms with Crippen LogP contribution in [0.1, 0.15) is 21.7 Å². The van der Waals surface area contributed by atoms with Gasteiger partial charge in [-0.15, -0.1) is 11.3 Å². The van der Waals surface area contributed by atoms with Gasteiger partial charge in [0.05, 0.1) is 36.8 Å². The van der Waals surface area contributed by atoms with Gasteiger partial charge in [-0.05, 0) is 24.3 Å². The zero-order valence-corrected chi connectivity index (χ0v) is 17.2. The summed E-state index contributed by atoms with van der Waals surface area (Å²) in [4.78, 5) is 24.0. The molecule has 156 valence electrons. The maximum absolute atomic E-state index is 12.0. The molecule has 1 aliphatic rings. The first-order valence-corrected chi connectivity index (χ1v) is 10.5. The molecule has 8 nitrogen and oxygen atoms in total. The number of pyridine rings is 2. The molecule has 1 saturated heterocycles. The van der Waals surface area contributed by atoms with E-state index in [1.54, 1.807) is 18.3 Å². The summed E-state index contributed by atoms with van der Waals surface area (Å²) in [5, 5.41) is 13.0. The van der Waals surface area contributed by atoms with E-state index in [4.69, 9.17) is 15.6 Å². The first-order valence-electron chi connectivity index (χ1n) is 9.65. The van der Waals surface area contributed by atoms with E-state index in [1.165, 1.54) is 11.3 Å². The fourth-order valence-electron chi connectivity index (χ4n) is 3.21. The lowest BCUT2D eigenvalue weighted by Gasteiger charge is -2.26. The molecule has 4 rings (SSSR count). The molecule has 1 fully saturated rings. The predicted octanol–water partition coefficient (Wildman–Crippen LogP) is 2.37. The average molecular weight is 426 g/mol. The molecule has 0 unspecified atom stereocenters. The second-order valence-electron chi connectivity index (χ2n) is 6.94. The Labute approximate surface area is 178 Å². The van der Waals surface area contributed by atoms with E-state index in [-0.39, 0.29) is 6.61 Å². The Hall–Kier alpha value is -2.85. The number of carbonyl (C=O) groups excluding carboxylic acids is 1. The molecule has 1 amide bonds. The van der Waals surface area contributed by atoms with Crippen LogP contribution in [-0.4, -0.2) is 52.2 Å². The van der Waals surface area contributed by atoms with Crippen molar-refractivity contribution in [1.29, 1.82) is 0 Å². The largest absolute Gasteiger partial charge is 0.390 e. The van der Waals surface area contributed by atoms with Gasteiger partial charge < -0.3 is 20.9 Å². The van der Waals surface area contributed by atoms with E-state index < -0.39 is 5.91 Å². The van der Waals surface area contributed by atoms with Crippen molar-refractivity contribution in [2.24, 2.45) is 5.73 Å². The number of thiophene rings is 1. The van der Waals surface area contributed by atoms with Gasteiger partial charge in [0.15, 0.2) is 0 Å². The number of hydrogen-bond acceptors (Lipinski definition) is 8. The first-order chi connectivity index (χ1) is 14.6. The van der Waals surface area contributed by atoms with Gasteiger partial charge in [-0.2, -0.15) is 0 Å². The van der Waals surface area contributed by atoms with Crippen molar-refractivity contribution in [1.82, 2.24) is 14.9 Å². The molecule has 1 aliphatic heterocycles. The summed E-state index contributed by atoms with van der Waals surface area (Å²) in [5.41, 5.74) is 8.39. The molecule has 4 heterocycles. The molecule has 0 aromatic carbocycles. The van der Waals surface area contributed by atoms with Crippen LogP contribution < -0.4 is 11.1 Å². The molecule has 0 radical (unpaired) electrons. The molecular weight excluding hydrogens is 402 g/mol. The molecule has 30 heavy (non-hydrogen) atoms. The lowest BCUT2D eigenvalue weighted by molar-refractivity contribution is 0.0337. The van der Waals surface area contributed by atoms with Crippen LogP contribution in [0.5, 0.6) is 0 Å². The van der Waals surface area contributed by atoms with Gasteiger partial charge >= 0.3 is 0 Å². The minimum atomic E-state index is -0.510. The minimum absolute atomic E-state index is 0.115. The number of aliphatic hydroxyl groups is 1. The Kier molecular flexibility index (Phi) is 6.34. The third kappa shape index (κ3) is 4.82. The third-order valence-electron chi connectivity index (χ3n) is 4.81. The van der Waals surface area contributed by atoms with E-state index in [1.807, 2.05) is 24.3 Å². The SMILES string of the molecule is NC(=O)c1cc(-c2ccc(CO)nc2)sc1Nc1cccc(CN2CCOCC2)n1. The Bertz CT molecular complexity index is 1020. The summed E-state index contributed by atoms with van der Waals surface area (Å²) in [6.07, 6.45) is 1.67. The number of anilines is 2. The number of carbonyl (C=O) groups is 1. The number of ether oxygens (including phenoxy) is 1. The Morgan fingerprint density at radius 1 is 1.23 bits per heavy atom. The zero-order chi connectivity index (χ0) is 20.9. The van der Waals surface area contributed by atoms with Gasteiger partial charge in [-0.3, -0.25) is 14.7 Å². The van der Waals surface area contributed by atoms with Crippen LogP contribution in [0.2, 0.25) is 0 Å². The Morgan fingerprint density at radius 2 is 2.07 bits per heavy atom. The molecule has 0 spiro atoms. The summed E-state index contributed by atoms with van der Waals surface area (Å²) in [6.45, 7) is 3.90.